The van der Waals surface area contributed by atoms with Gasteiger partial charge in [-0.1, -0.05) is 17.7 Å². The van der Waals surface area contributed by atoms with E-state index in [1.807, 2.05) is 31.2 Å². The van der Waals surface area contributed by atoms with E-state index in [0.29, 0.717) is 13.0 Å². The summed E-state index contributed by atoms with van der Waals surface area (Å²) in [6.07, 6.45) is 4.81. The van der Waals surface area contributed by atoms with E-state index in [4.69, 9.17) is 4.74 Å². The fraction of sp³-hybridized carbons (Fsp3) is 0.444. The molecule has 2 aromatic rings. The second kappa shape index (κ2) is 7.59. The molecule has 3 rings (SSSR count). The first-order chi connectivity index (χ1) is 12.4. The number of esters is 1. The lowest BCUT2D eigenvalue weighted by molar-refractivity contribution is -0.148. The highest BCUT2D eigenvalue weighted by molar-refractivity contribution is 7.89. The quantitative estimate of drug-likeness (QED) is 0.747. The summed E-state index contributed by atoms with van der Waals surface area (Å²) in [5.74, 6) is -0.485. The van der Waals surface area contributed by atoms with Gasteiger partial charge in [0.15, 0.2) is 0 Å². The molecule has 1 saturated heterocycles. The molecule has 26 heavy (non-hydrogen) atoms. The standard InChI is InChI=1S/C18H23N3O4S/c1-3-25-18(22)17-6-4-5-11-21(17)26(23,24)16-12-19-20(13-16)15-9-7-14(2)8-10-15/h7-10,12-13,17H,3-6,11H2,1-2H3. The van der Waals surface area contributed by atoms with Crippen molar-refractivity contribution in [1.29, 1.82) is 0 Å². The van der Waals surface area contributed by atoms with Crippen LogP contribution in [0.2, 0.25) is 0 Å². The average molecular weight is 377 g/mol. The Morgan fingerprint density at radius 3 is 2.69 bits per heavy atom. The topological polar surface area (TPSA) is 81.5 Å². The molecule has 0 saturated carbocycles. The van der Waals surface area contributed by atoms with Gasteiger partial charge in [0.05, 0.1) is 24.7 Å². The number of carbonyl (C=O) groups is 1. The molecule has 1 aliphatic rings. The van der Waals surface area contributed by atoms with Crippen LogP contribution in [-0.4, -0.2) is 47.7 Å². The number of benzene rings is 1. The minimum Gasteiger partial charge on any atom is -0.465 e. The number of hydrogen-bond donors (Lipinski definition) is 0. The van der Waals surface area contributed by atoms with E-state index in [1.165, 1.54) is 21.4 Å². The normalized spacial score (nSPS) is 18.6. The second-order valence-corrected chi connectivity index (χ2v) is 8.23. The zero-order valence-electron chi connectivity index (χ0n) is 15.0. The highest BCUT2D eigenvalue weighted by Crippen LogP contribution is 2.26. The molecule has 140 valence electrons. The van der Waals surface area contributed by atoms with Gasteiger partial charge in [-0.25, -0.2) is 13.1 Å². The van der Waals surface area contributed by atoms with Crippen LogP contribution in [0.15, 0.2) is 41.6 Å². The van der Waals surface area contributed by atoms with Crippen LogP contribution < -0.4 is 0 Å². The number of hydrogen-bond acceptors (Lipinski definition) is 5. The van der Waals surface area contributed by atoms with Gasteiger partial charge in [0.1, 0.15) is 10.9 Å². The predicted molar refractivity (Wildman–Crippen MR) is 96.5 cm³/mol. The molecular weight excluding hydrogens is 354 g/mol. The van der Waals surface area contributed by atoms with E-state index in [0.717, 1.165) is 24.1 Å². The highest BCUT2D eigenvalue weighted by Gasteiger charge is 2.39. The number of ether oxygens (including phenoxy) is 1. The number of aromatic nitrogens is 2. The van der Waals surface area contributed by atoms with Crippen LogP contribution in [-0.2, 0) is 19.6 Å². The molecule has 8 heteroatoms. The fourth-order valence-electron chi connectivity index (χ4n) is 3.08. The van der Waals surface area contributed by atoms with Crippen LogP contribution >= 0.6 is 0 Å². The summed E-state index contributed by atoms with van der Waals surface area (Å²) in [5, 5.41) is 4.18. The van der Waals surface area contributed by atoms with E-state index < -0.39 is 22.0 Å². The molecule has 1 fully saturated rings. The van der Waals surface area contributed by atoms with E-state index in [9.17, 15) is 13.2 Å². The van der Waals surface area contributed by atoms with E-state index in [2.05, 4.69) is 5.10 Å². The van der Waals surface area contributed by atoms with Crippen molar-refractivity contribution in [2.75, 3.05) is 13.2 Å². The number of piperidine rings is 1. The number of carbonyl (C=O) groups excluding carboxylic acids is 1. The van der Waals surface area contributed by atoms with Gasteiger partial charge in [0, 0.05) is 6.54 Å². The molecule has 0 N–H and O–H groups in total. The smallest absolute Gasteiger partial charge is 0.324 e. The zero-order chi connectivity index (χ0) is 18.7. The Labute approximate surface area is 153 Å². The van der Waals surface area contributed by atoms with E-state index >= 15 is 0 Å². The maximum Gasteiger partial charge on any atom is 0.324 e. The molecule has 1 aliphatic heterocycles. The monoisotopic (exact) mass is 377 g/mol. The van der Waals surface area contributed by atoms with Crippen molar-refractivity contribution in [2.24, 2.45) is 0 Å². The minimum atomic E-state index is -3.82. The van der Waals surface area contributed by atoms with Gasteiger partial charge in [-0.2, -0.15) is 9.40 Å². The molecule has 7 nitrogen and oxygen atoms in total. The zero-order valence-corrected chi connectivity index (χ0v) is 15.8. The van der Waals surface area contributed by atoms with Gasteiger partial charge < -0.3 is 4.74 Å². The summed E-state index contributed by atoms with van der Waals surface area (Å²) >= 11 is 0. The Bertz CT molecular complexity index is 874. The van der Waals surface area contributed by atoms with Gasteiger partial charge in [-0.3, -0.25) is 4.79 Å². The Morgan fingerprint density at radius 1 is 1.27 bits per heavy atom. The molecule has 0 aliphatic carbocycles. The van der Waals surface area contributed by atoms with Gasteiger partial charge in [0.2, 0.25) is 10.0 Å². The Kier molecular flexibility index (Phi) is 5.43. The molecule has 2 heterocycles. The van der Waals surface area contributed by atoms with Crippen molar-refractivity contribution in [3.05, 3.63) is 42.2 Å². The first kappa shape index (κ1) is 18.6. The average Bonchev–Trinajstić information content (AvgIpc) is 3.13. The third-order valence-electron chi connectivity index (χ3n) is 4.48. The van der Waals surface area contributed by atoms with Crippen molar-refractivity contribution in [2.45, 2.75) is 44.0 Å². The van der Waals surface area contributed by atoms with Crippen molar-refractivity contribution in [1.82, 2.24) is 14.1 Å². The van der Waals surface area contributed by atoms with Crippen LogP contribution in [0.5, 0.6) is 0 Å². The molecule has 1 unspecified atom stereocenters. The Hall–Kier alpha value is -2.19. The molecular formula is C18H23N3O4S. The molecule has 1 aromatic heterocycles. The fourth-order valence-corrected chi connectivity index (χ4v) is 4.66. The summed E-state index contributed by atoms with van der Waals surface area (Å²) < 4.78 is 34.0. The Balaban J connectivity index is 1.89. The summed E-state index contributed by atoms with van der Waals surface area (Å²) in [7, 11) is -3.82. The summed E-state index contributed by atoms with van der Waals surface area (Å²) in [6, 6.07) is 6.86. The van der Waals surface area contributed by atoms with E-state index in [1.54, 1.807) is 6.92 Å². The number of aryl methyl sites for hydroxylation is 1. The van der Waals surface area contributed by atoms with Gasteiger partial charge >= 0.3 is 5.97 Å². The molecule has 0 amide bonds. The first-order valence-electron chi connectivity index (χ1n) is 8.73. The highest BCUT2D eigenvalue weighted by atomic mass is 32.2. The largest absolute Gasteiger partial charge is 0.465 e. The van der Waals surface area contributed by atoms with Crippen LogP contribution in [0.3, 0.4) is 0 Å². The van der Waals surface area contributed by atoms with Crippen molar-refractivity contribution >= 4 is 16.0 Å². The summed E-state index contributed by atoms with van der Waals surface area (Å²) in [5.41, 5.74) is 1.89. The Morgan fingerprint density at radius 2 is 2.00 bits per heavy atom. The maximum atomic E-state index is 13.1. The SMILES string of the molecule is CCOC(=O)C1CCCCN1S(=O)(=O)c1cnn(-c2ccc(C)cc2)c1. The molecule has 0 spiro atoms. The van der Waals surface area contributed by atoms with Crippen molar-refractivity contribution < 1.29 is 17.9 Å². The van der Waals surface area contributed by atoms with E-state index in [-0.39, 0.29) is 11.5 Å². The van der Waals surface area contributed by atoms with Crippen LogP contribution in [0.1, 0.15) is 31.7 Å². The lowest BCUT2D eigenvalue weighted by atomic mass is 10.1. The molecule has 0 bridgehead atoms. The lowest BCUT2D eigenvalue weighted by Crippen LogP contribution is -2.48. The third-order valence-corrected chi connectivity index (χ3v) is 6.34. The number of rotatable bonds is 5. The number of sulfonamides is 1. The second-order valence-electron chi connectivity index (χ2n) is 6.34. The van der Waals surface area contributed by atoms with Crippen LogP contribution in [0.25, 0.3) is 5.69 Å². The van der Waals surface area contributed by atoms with Crippen molar-refractivity contribution in [3.8, 4) is 5.69 Å². The van der Waals surface area contributed by atoms with Crippen LogP contribution in [0, 0.1) is 6.92 Å². The molecule has 0 radical (unpaired) electrons. The lowest BCUT2D eigenvalue weighted by Gasteiger charge is -2.32. The van der Waals surface area contributed by atoms with Gasteiger partial charge in [-0.15, -0.1) is 0 Å². The first-order valence-corrected chi connectivity index (χ1v) is 10.2. The van der Waals surface area contributed by atoms with Crippen LogP contribution in [0.4, 0.5) is 0 Å². The minimum absolute atomic E-state index is 0.0780. The third kappa shape index (κ3) is 3.66. The summed E-state index contributed by atoms with van der Waals surface area (Å²) in [4.78, 5) is 12.3. The van der Waals surface area contributed by atoms with Gasteiger partial charge in [0.25, 0.3) is 0 Å². The number of nitrogens with zero attached hydrogens (tertiary/aromatic N) is 3. The summed E-state index contributed by atoms with van der Waals surface area (Å²) in [6.45, 7) is 4.23. The molecule has 1 atom stereocenters. The molecule has 1 aromatic carbocycles. The van der Waals surface area contributed by atoms with Gasteiger partial charge in [-0.05, 0) is 45.2 Å². The maximum absolute atomic E-state index is 13.1. The van der Waals surface area contributed by atoms with Crippen molar-refractivity contribution in [3.63, 3.8) is 0 Å². The predicted octanol–water partition coefficient (Wildman–Crippen LogP) is 2.29.